The van der Waals surface area contributed by atoms with Gasteiger partial charge >= 0.3 is 12.1 Å². The van der Waals surface area contributed by atoms with Crippen molar-refractivity contribution in [1.29, 1.82) is 0 Å². The number of rotatable bonds is 7. The van der Waals surface area contributed by atoms with E-state index in [4.69, 9.17) is 4.74 Å². The molecular formula is C28H32N2O5. The summed E-state index contributed by atoms with van der Waals surface area (Å²) in [4.78, 5) is 38.9. The summed E-state index contributed by atoms with van der Waals surface area (Å²) in [5.74, 6) is -0.931. The van der Waals surface area contributed by atoms with Gasteiger partial charge in [0.05, 0.1) is 5.41 Å². The van der Waals surface area contributed by atoms with E-state index in [0.717, 1.165) is 0 Å². The van der Waals surface area contributed by atoms with Crippen LogP contribution < -0.4 is 5.32 Å². The molecule has 7 heteroatoms. The van der Waals surface area contributed by atoms with Gasteiger partial charge in [0.1, 0.15) is 6.61 Å². The Labute approximate surface area is 205 Å². The Balaban J connectivity index is 1.11. The minimum atomic E-state index is -0.862. The molecule has 184 valence electrons. The topological polar surface area (TPSA) is 95.9 Å². The van der Waals surface area contributed by atoms with Gasteiger partial charge in [-0.2, -0.15) is 0 Å². The van der Waals surface area contributed by atoms with Gasteiger partial charge in [-0.1, -0.05) is 62.4 Å². The normalized spacial score (nSPS) is 24.7. The second-order valence-electron chi connectivity index (χ2n) is 10.4. The maximum absolute atomic E-state index is 12.9. The lowest BCUT2D eigenvalue weighted by Gasteiger charge is -2.28. The zero-order chi connectivity index (χ0) is 24.7. The minimum Gasteiger partial charge on any atom is -0.481 e. The molecule has 0 aromatic heterocycles. The van der Waals surface area contributed by atoms with Crippen LogP contribution in [0.4, 0.5) is 4.79 Å². The molecule has 1 unspecified atom stereocenters. The fourth-order valence-electron chi connectivity index (χ4n) is 5.79. The largest absolute Gasteiger partial charge is 0.481 e. The van der Waals surface area contributed by atoms with Crippen molar-refractivity contribution in [2.75, 3.05) is 26.2 Å². The number of hydrogen-bond donors (Lipinski definition) is 2. The molecular weight excluding hydrogens is 444 g/mol. The molecule has 3 atom stereocenters. The molecule has 1 aliphatic heterocycles. The molecule has 2 amide bonds. The number of fused-ring (bicyclic) bond motifs is 3. The van der Waals surface area contributed by atoms with E-state index in [-0.39, 0.29) is 42.7 Å². The first kappa shape index (κ1) is 23.4. The van der Waals surface area contributed by atoms with E-state index in [1.807, 2.05) is 38.1 Å². The third-order valence-corrected chi connectivity index (χ3v) is 8.24. The van der Waals surface area contributed by atoms with Crippen molar-refractivity contribution in [3.63, 3.8) is 0 Å². The number of hydrogen-bond acceptors (Lipinski definition) is 4. The van der Waals surface area contributed by atoms with E-state index >= 15 is 0 Å². The van der Waals surface area contributed by atoms with Gasteiger partial charge in [0.2, 0.25) is 5.91 Å². The second-order valence-corrected chi connectivity index (χ2v) is 10.4. The second kappa shape index (κ2) is 9.02. The van der Waals surface area contributed by atoms with E-state index in [1.54, 1.807) is 4.90 Å². The van der Waals surface area contributed by atoms with Crippen LogP contribution in [0.3, 0.4) is 0 Å². The predicted octanol–water partition coefficient (Wildman–Crippen LogP) is 4.12. The molecule has 0 bridgehead atoms. The Bertz CT molecular complexity index is 1120. The summed E-state index contributed by atoms with van der Waals surface area (Å²) in [5, 5.41) is 12.5. The van der Waals surface area contributed by atoms with E-state index in [0.29, 0.717) is 25.9 Å². The van der Waals surface area contributed by atoms with Crippen LogP contribution in [-0.4, -0.2) is 54.2 Å². The average Bonchev–Trinajstić information content (AvgIpc) is 3.35. The number of ether oxygens (including phenoxy) is 1. The molecule has 1 heterocycles. The van der Waals surface area contributed by atoms with Crippen molar-refractivity contribution in [3.05, 3.63) is 59.7 Å². The van der Waals surface area contributed by atoms with Crippen LogP contribution >= 0.6 is 0 Å². The van der Waals surface area contributed by atoms with Crippen molar-refractivity contribution in [3.8, 4) is 11.1 Å². The van der Waals surface area contributed by atoms with Crippen LogP contribution in [0.1, 0.15) is 43.7 Å². The number of nitrogens with one attached hydrogen (secondary N) is 1. The molecule has 0 radical (unpaired) electrons. The van der Waals surface area contributed by atoms with Gasteiger partial charge in [0.25, 0.3) is 0 Å². The first-order valence-corrected chi connectivity index (χ1v) is 12.4. The number of nitrogens with zero attached hydrogens (tertiary/aromatic N) is 1. The Kier molecular flexibility index (Phi) is 6.03. The Morgan fingerprint density at radius 1 is 1.09 bits per heavy atom. The Morgan fingerprint density at radius 3 is 2.29 bits per heavy atom. The van der Waals surface area contributed by atoms with E-state index < -0.39 is 17.5 Å². The highest BCUT2D eigenvalue weighted by Gasteiger charge is 2.52. The number of likely N-dealkylation sites (tertiary alicyclic amines) is 1. The summed E-state index contributed by atoms with van der Waals surface area (Å²) in [6, 6.07) is 16.4. The lowest BCUT2D eigenvalue weighted by Crippen LogP contribution is -2.41. The number of amides is 2. The van der Waals surface area contributed by atoms with Crippen LogP contribution in [0.25, 0.3) is 11.1 Å². The smallest absolute Gasteiger partial charge is 0.407 e. The van der Waals surface area contributed by atoms with E-state index in [9.17, 15) is 19.5 Å². The van der Waals surface area contributed by atoms with Crippen molar-refractivity contribution in [2.24, 2.45) is 23.2 Å². The van der Waals surface area contributed by atoms with Gasteiger partial charge in [-0.25, -0.2) is 4.79 Å². The third kappa shape index (κ3) is 4.17. The SMILES string of the molecule is CC(C)C1(C(=O)O)CCN(C(=O)[C@H]2C[C@H]2CNC(=O)OCC2c3ccccc3-c3ccccc32)C1. The number of alkyl carbamates (subject to hydrolysis) is 1. The standard InChI is InChI=1S/C28H32N2O5/c1-17(2)28(26(32)33)11-12-30(16-28)25(31)23-13-18(23)14-29-27(34)35-15-24-21-9-5-3-7-19(21)20-8-4-6-10-22(20)24/h3-10,17-18,23-24H,11-16H2,1-2H3,(H,29,34)(H,32,33)/t18-,23-,28?/m0/s1. The van der Waals surface area contributed by atoms with E-state index in [2.05, 4.69) is 29.6 Å². The summed E-state index contributed by atoms with van der Waals surface area (Å²) in [5.41, 5.74) is 3.84. The maximum atomic E-state index is 12.9. The van der Waals surface area contributed by atoms with Gasteiger partial charge in [-0.05, 0) is 46.9 Å². The number of aliphatic carboxylic acids is 1. The summed E-state index contributed by atoms with van der Waals surface area (Å²) >= 11 is 0. The minimum absolute atomic E-state index is 0.00751. The molecule has 0 spiro atoms. The van der Waals surface area contributed by atoms with Crippen LogP contribution in [0.5, 0.6) is 0 Å². The van der Waals surface area contributed by atoms with Gasteiger partial charge < -0.3 is 20.1 Å². The summed E-state index contributed by atoms with van der Waals surface area (Å²) in [6.07, 6.45) is 0.720. The molecule has 2 aromatic carbocycles. The fraction of sp³-hybridized carbons (Fsp3) is 0.464. The highest BCUT2D eigenvalue weighted by molar-refractivity contribution is 5.84. The molecule has 5 rings (SSSR count). The van der Waals surface area contributed by atoms with E-state index in [1.165, 1.54) is 22.3 Å². The molecule has 1 saturated carbocycles. The summed E-state index contributed by atoms with van der Waals surface area (Å²) in [6.45, 7) is 5.19. The average molecular weight is 477 g/mol. The highest BCUT2D eigenvalue weighted by Crippen LogP contribution is 2.45. The number of carboxylic acid groups (broad SMARTS) is 1. The number of carbonyl (C=O) groups is 3. The van der Waals surface area contributed by atoms with Gasteiger partial charge in [-0.15, -0.1) is 0 Å². The zero-order valence-electron chi connectivity index (χ0n) is 20.2. The van der Waals surface area contributed by atoms with Crippen LogP contribution in [0.2, 0.25) is 0 Å². The van der Waals surface area contributed by atoms with Crippen molar-refractivity contribution >= 4 is 18.0 Å². The first-order valence-electron chi connectivity index (χ1n) is 12.4. The molecule has 35 heavy (non-hydrogen) atoms. The summed E-state index contributed by atoms with van der Waals surface area (Å²) in [7, 11) is 0. The van der Waals surface area contributed by atoms with Crippen LogP contribution in [0.15, 0.2) is 48.5 Å². The molecule has 2 N–H and O–H groups in total. The quantitative estimate of drug-likeness (QED) is 0.627. The van der Waals surface area contributed by atoms with Crippen molar-refractivity contribution in [1.82, 2.24) is 10.2 Å². The first-order chi connectivity index (χ1) is 16.8. The van der Waals surface area contributed by atoms with Crippen LogP contribution in [-0.2, 0) is 14.3 Å². The molecule has 2 fully saturated rings. The zero-order valence-corrected chi connectivity index (χ0v) is 20.2. The fourth-order valence-corrected chi connectivity index (χ4v) is 5.79. The van der Waals surface area contributed by atoms with Crippen molar-refractivity contribution in [2.45, 2.75) is 32.6 Å². The molecule has 3 aliphatic rings. The molecule has 1 saturated heterocycles. The lowest BCUT2D eigenvalue weighted by atomic mass is 9.76. The summed E-state index contributed by atoms with van der Waals surface area (Å²) < 4.78 is 5.58. The maximum Gasteiger partial charge on any atom is 0.407 e. The van der Waals surface area contributed by atoms with Gasteiger partial charge in [0, 0.05) is 31.5 Å². The predicted molar refractivity (Wildman–Crippen MR) is 131 cm³/mol. The number of carboxylic acids is 1. The highest BCUT2D eigenvalue weighted by atomic mass is 16.5. The third-order valence-electron chi connectivity index (χ3n) is 8.24. The van der Waals surface area contributed by atoms with Gasteiger partial charge in [-0.3, -0.25) is 9.59 Å². The lowest BCUT2D eigenvalue weighted by molar-refractivity contribution is -0.151. The Hall–Kier alpha value is -3.35. The van der Waals surface area contributed by atoms with Crippen molar-refractivity contribution < 1.29 is 24.2 Å². The number of carbonyl (C=O) groups excluding carboxylic acids is 2. The molecule has 2 aliphatic carbocycles. The number of benzene rings is 2. The van der Waals surface area contributed by atoms with Crippen LogP contribution in [0, 0.1) is 23.2 Å². The molecule has 2 aromatic rings. The van der Waals surface area contributed by atoms with Gasteiger partial charge in [0.15, 0.2) is 0 Å². The monoisotopic (exact) mass is 476 g/mol. The molecule has 7 nitrogen and oxygen atoms in total. The Morgan fingerprint density at radius 2 is 1.71 bits per heavy atom.